The molecule has 2 atom stereocenters. The molecule has 0 bridgehead atoms. The molecule has 1 saturated heterocycles. The number of amides is 2. The van der Waals surface area contributed by atoms with Crippen LogP contribution in [0.15, 0.2) is 24.3 Å². The summed E-state index contributed by atoms with van der Waals surface area (Å²) in [6.45, 7) is 0.521. The first-order valence-corrected chi connectivity index (χ1v) is 6.87. The van der Waals surface area contributed by atoms with E-state index in [4.69, 9.17) is 22.7 Å². The van der Waals surface area contributed by atoms with E-state index in [0.29, 0.717) is 11.3 Å². The average molecular weight is 290 g/mol. The van der Waals surface area contributed by atoms with E-state index in [2.05, 4.69) is 0 Å². The van der Waals surface area contributed by atoms with Crippen molar-refractivity contribution in [3.8, 4) is 5.75 Å². The van der Waals surface area contributed by atoms with Gasteiger partial charge in [0.1, 0.15) is 17.3 Å². The van der Waals surface area contributed by atoms with E-state index < -0.39 is 0 Å². The molecule has 0 radical (unpaired) electrons. The average Bonchev–Trinajstić information content (AvgIpc) is 3.18. The molecule has 2 aliphatic rings. The van der Waals surface area contributed by atoms with Gasteiger partial charge >= 0.3 is 0 Å². The number of ether oxygens (including phenoxy) is 1. The third-order valence-corrected chi connectivity index (χ3v) is 3.90. The zero-order valence-electron chi connectivity index (χ0n) is 10.7. The molecule has 6 heteroatoms. The minimum atomic E-state index is -0.0637. The number of carbonyl (C=O) groups excluding carboxylic acids is 2. The maximum absolute atomic E-state index is 11.8. The van der Waals surface area contributed by atoms with Crippen LogP contribution in [0.5, 0.6) is 5.75 Å². The van der Waals surface area contributed by atoms with Crippen LogP contribution in [0.4, 0.5) is 0 Å². The summed E-state index contributed by atoms with van der Waals surface area (Å²) in [5.74, 6) is 0.319. The molecular formula is C14H14N2O3S. The molecule has 2 amide bonds. The fourth-order valence-electron chi connectivity index (χ4n) is 2.51. The molecule has 104 valence electrons. The molecule has 20 heavy (non-hydrogen) atoms. The Balaban J connectivity index is 1.60. The molecule has 1 heterocycles. The number of piperidine rings is 1. The molecule has 0 spiro atoms. The summed E-state index contributed by atoms with van der Waals surface area (Å²) in [5.41, 5.74) is 6.27. The number of benzene rings is 1. The predicted octanol–water partition coefficient (Wildman–Crippen LogP) is 0.704. The number of hydrogen-bond acceptors (Lipinski definition) is 4. The van der Waals surface area contributed by atoms with Crippen LogP contribution in [-0.2, 0) is 9.59 Å². The second-order valence-corrected chi connectivity index (χ2v) is 5.43. The van der Waals surface area contributed by atoms with Crippen molar-refractivity contribution in [3.63, 3.8) is 0 Å². The summed E-state index contributed by atoms with van der Waals surface area (Å²) >= 11 is 4.95. The SMILES string of the molecule is NC(=S)c1ccccc1OCCN1C(=O)C2CC2C1=O. The van der Waals surface area contributed by atoms with Gasteiger partial charge in [0.2, 0.25) is 11.8 Å². The van der Waals surface area contributed by atoms with Crippen molar-refractivity contribution in [1.82, 2.24) is 4.90 Å². The highest BCUT2D eigenvalue weighted by Crippen LogP contribution is 2.46. The molecule has 5 nitrogen and oxygen atoms in total. The highest BCUT2D eigenvalue weighted by molar-refractivity contribution is 7.80. The van der Waals surface area contributed by atoms with Crippen LogP contribution in [0.1, 0.15) is 12.0 Å². The maximum Gasteiger partial charge on any atom is 0.233 e. The third kappa shape index (κ3) is 2.16. The van der Waals surface area contributed by atoms with Gasteiger partial charge in [-0.1, -0.05) is 24.4 Å². The maximum atomic E-state index is 11.8. The molecule has 2 unspecified atom stereocenters. The van der Waals surface area contributed by atoms with E-state index in [1.54, 1.807) is 12.1 Å². The fourth-order valence-corrected chi connectivity index (χ4v) is 2.68. The number of imide groups is 1. The smallest absolute Gasteiger partial charge is 0.233 e. The van der Waals surface area contributed by atoms with Gasteiger partial charge in [-0.3, -0.25) is 14.5 Å². The first-order chi connectivity index (χ1) is 9.59. The molecule has 2 N–H and O–H groups in total. The first kappa shape index (κ1) is 13.1. The van der Waals surface area contributed by atoms with Gasteiger partial charge in [-0.2, -0.15) is 0 Å². The second kappa shape index (κ2) is 4.86. The van der Waals surface area contributed by atoms with Crippen molar-refractivity contribution in [3.05, 3.63) is 29.8 Å². The Hall–Kier alpha value is -1.95. The quantitative estimate of drug-likeness (QED) is 0.638. The lowest BCUT2D eigenvalue weighted by Gasteiger charge is -2.17. The molecule has 0 aromatic heterocycles. The minimum absolute atomic E-state index is 0.0635. The van der Waals surface area contributed by atoms with Gasteiger partial charge in [0.25, 0.3) is 0 Å². The van der Waals surface area contributed by atoms with Crippen LogP contribution in [-0.4, -0.2) is 34.9 Å². The Labute approximate surface area is 121 Å². The van der Waals surface area contributed by atoms with Gasteiger partial charge in [-0.25, -0.2) is 0 Å². The van der Waals surface area contributed by atoms with Crippen LogP contribution in [0.3, 0.4) is 0 Å². The number of rotatable bonds is 5. The molecule has 1 aromatic carbocycles. The Bertz CT molecular complexity index is 582. The van der Waals surface area contributed by atoms with Gasteiger partial charge < -0.3 is 10.5 Å². The molecule has 3 rings (SSSR count). The second-order valence-electron chi connectivity index (χ2n) is 4.99. The Morgan fingerprint density at radius 2 is 1.95 bits per heavy atom. The number of fused-ring (bicyclic) bond motifs is 1. The Morgan fingerprint density at radius 1 is 1.30 bits per heavy atom. The van der Waals surface area contributed by atoms with Crippen LogP contribution >= 0.6 is 12.2 Å². The fraction of sp³-hybridized carbons (Fsp3) is 0.357. The van der Waals surface area contributed by atoms with E-state index in [-0.39, 0.29) is 41.8 Å². The van der Waals surface area contributed by atoms with Gasteiger partial charge in [-0.05, 0) is 18.6 Å². The monoisotopic (exact) mass is 290 g/mol. The van der Waals surface area contributed by atoms with Gasteiger partial charge in [-0.15, -0.1) is 0 Å². The number of thiocarbonyl (C=S) groups is 1. The van der Waals surface area contributed by atoms with Gasteiger partial charge in [0, 0.05) is 0 Å². The number of carbonyl (C=O) groups is 2. The van der Waals surface area contributed by atoms with E-state index in [1.165, 1.54) is 4.90 Å². The summed E-state index contributed by atoms with van der Waals surface area (Å²) < 4.78 is 5.59. The highest BCUT2D eigenvalue weighted by Gasteiger charge is 2.58. The number of likely N-dealkylation sites (tertiary alicyclic amines) is 1. The molecular weight excluding hydrogens is 276 g/mol. The van der Waals surface area contributed by atoms with Crippen molar-refractivity contribution in [2.75, 3.05) is 13.2 Å². The van der Waals surface area contributed by atoms with E-state index in [0.717, 1.165) is 6.42 Å². The molecule has 1 saturated carbocycles. The summed E-state index contributed by atoms with van der Waals surface area (Å²) in [7, 11) is 0. The predicted molar refractivity (Wildman–Crippen MR) is 76.1 cm³/mol. The third-order valence-electron chi connectivity index (χ3n) is 3.68. The van der Waals surface area contributed by atoms with Crippen LogP contribution in [0.2, 0.25) is 0 Å². The van der Waals surface area contributed by atoms with E-state index in [1.807, 2.05) is 12.1 Å². The van der Waals surface area contributed by atoms with Crippen LogP contribution in [0, 0.1) is 11.8 Å². The zero-order chi connectivity index (χ0) is 14.3. The highest BCUT2D eigenvalue weighted by atomic mass is 32.1. The Kier molecular flexibility index (Phi) is 3.17. The number of nitrogens with zero attached hydrogens (tertiary/aromatic N) is 1. The summed E-state index contributed by atoms with van der Waals surface area (Å²) in [4.78, 5) is 25.1. The van der Waals surface area contributed by atoms with Crippen molar-refractivity contribution in [2.24, 2.45) is 17.6 Å². The number of nitrogens with two attached hydrogens (primary N) is 1. The normalized spacial score (nSPS) is 23.7. The van der Waals surface area contributed by atoms with Crippen molar-refractivity contribution in [2.45, 2.75) is 6.42 Å². The number of para-hydroxylation sites is 1. The summed E-state index contributed by atoms with van der Waals surface area (Å²) in [5, 5.41) is 0. The lowest BCUT2D eigenvalue weighted by atomic mass is 10.2. The molecule has 1 aromatic rings. The van der Waals surface area contributed by atoms with E-state index >= 15 is 0 Å². The van der Waals surface area contributed by atoms with Crippen molar-refractivity contribution in [1.29, 1.82) is 0 Å². The van der Waals surface area contributed by atoms with Crippen LogP contribution < -0.4 is 10.5 Å². The van der Waals surface area contributed by atoms with Crippen LogP contribution in [0.25, 0.3) is 0 Å². The minimum Gasteiger partial charge on any atom is -0.491 e. The lowest BCUT2D eigenvalue weighted by molar-refractivity contribution is -0.141. The van der Waals surface area contributed by atoms with Crippen molar-refractivity contribution < 1.29 is 14.3 Å². The molecule has 1 aliphatic heterocycles. The van der Waals surface area contributed by atoms with Gasteiger partial charge in [0.05, 0.1) is 23.9 Å². The van der Waals surface area contributed by atoms with Gasteiger partial charge in [0.15, 0.2) is 0 Å². The largest absolute Gasteiger partial charge is 0.491 e. The first-order valence-electron chi connectivity index (χ1n) is 6.46. The Morgan fingerprint density at radius 3 is 2.60 bits per heavy atom. The summed E-state index contributed by atoms with van der Waals surface area (Å²) in [6.07, 6.45) is 0.722. The molecule has 2 fully saturated rings. The number of hydrogen-bond donors (Lipinski definition) is 1. The molecule has 1 aliphatic carbocycles. The summed E-state index contributed by atoms with van der Waals surface area (Å²) in [6, 6.07) is 7.18. The lowest BCUT2D eigenvalue weighted by Crippen LogP contribution is -2.36. The topological polar surface area (TPSA) is 72.6 Å². The van der Waals surface area contributed by atoms with E-state index in [9.17, 15) is 9.59 Å². The van der Waals surface area contributed by atoms with Crippen molar-refractivity contribution >= 4 is 29.0 Å². The zero-order valence-corrected chi connectivity index (χ0v) is 11.6. The standard InChI is InChI=1S/C14H14N2O3S/c15-12(20)8-3-1-2-4-11(8)19-6-5-16-13(17)9-7-10(9)14(16)18/h1-4,9-10H,5-7H2,(H2,15,20).